The first kappa shape index (κ1) is 23.7. The largest absolute Gasteiger partial charge is 0.352 e. The van der Waals surface area contributed by atoms with E-state index in [9.17, 15) is 13.2 Å². The Morgan fingerprint density at radius 1 is 0.848 bits per heavy atom. The Kier molecular flexibility index (Phi) is 8.01. The summed E-state index contributed by atoms with van der Waals surface area (Å²) in [7, 11) is -3.19. The van der Waals surface area contributed by atoms with Crippen molar-refractivity contribution >= 4 is 21.6 Å². The molecule has 2 fully saturated rings. The summed E-state index contributed by atoms with van der Waals surface area (Å²) in [5.41, 5.74) is 2.57. The van der Waals surface area contributed by atoms with Crippen LogP contribution in [0.4, 0.5) is 5.69 Å². The fraction of sp³-hybridized carbons (Fsp3) is 0.480. The molecule has 2 aromatic rings. The third-order valence-corrected chi connectivity index (χ3v) is 8.29. The number of sulfonamides is 1. The molecule has 2 aromatic carbocycles. The van der Waals surface area contributed by atoms with E-state index < -0.39 is 10.0 Å². The molecule has 2 heterocycles. The number of piperazine rings is 1. The number of carbonyl (C=O) groups is 1. The predicted octanol–water partition coefficient (Wildman–Crippen LogP) is 2.55. The number of amides is 1. The maximum Gasteiger partial charge on any atom is 0.251 e. The first-order valence-electron chi connectivity index (χ1n) is 11.9. The zero-order valence-corrected chi connectivity index (χ0v) is 20.0. The van der Waals surface area contributed by atoms with Gasteiger partial charge in [0.25, 0.3) is 5.91 Å². The normalized spacial score (nSPS) is 19.0. The molecule has 33 heavy (non-hydrogen) atoms. The van der Waals surface area contributed by atoms with Gasteiger partial charge >= 0.3 is 0 Å². The van der Waals surface area contributed by atoms with Crippen molar-refractivity contribution in [2.24, 2.45) is 0 Å². The Hall–Kier alpha value is -2.42. The fourth-order valence-corrected chi connectivity index (χ4v) is 6.05. The molecular weight excluding hydrogens is 436 g/mol. The number of hydrogen-bond donors (Lipinski definition) is 1. The SMILES string of the molecule is O=C(NCCCCN1CCN(Cc2ccccc2)CC1)c1ccc(N2CCCS2(=O)=O)cc1. The molecule has 2 aliphatic heterocycles. The average Bonchev–Trinajstić information content (AvgIpc) is 3.19. The molecule has 2 aliphatic rings. The summed E-state index contributed by atoms with van der Waals surface area (Å²) < 4.78 is 25.5. The van der Waals surface area contributed by atoms with Gasteiger partial charge in [0, 0.05) is 51.4 Å². The number of rotatable bonds is 9. The molecule has 0 aromatic heterocycles. The number of nitrogens with one attached hydrogen (secondary N) is 1. The van der Waals surface area contributed by atoms with Gasteiger partial charge in [-0.05, 0) is 55.6 Å². The Balaban J connectivity index is 1.11. The lowest BCUT2D eigenvalue weighted by molar-refractivity contribution is 0.0951. The van der Waals surface area contributed by atoms with Crippen LogP contribution >= 0.6 is 0 Å². The first-order valence-corrected chi connectivity index (χ1v) is 13.5. The van der Waals surface area contributed by atoms with E-state index in [2.05, 4.69) is 45.4 Å². The maximum absolute atomic E-state index is 12.4. The third-order valence-electron chi connectivity index (χ3n) is 6.42. The van der Waals surface area contributed by atoms with Crippen LogP contribution in [0.25, 0.3) is 0 Å². The van der Waals surface area contributed by atoms with Gasteiger partial charge in [0.15, 0.2) is 0 Å². The molecule has 0 atom stereocenters. The van der Waals surface area contributed by atoms with Crippen LogP contribution in [0, 0.1) is 0 Å². The summed E-state index contributed by atoms with van der Waals surface area (Å²) in [5.74, 6) is 0.0823. The predicted molar refractivity (Wildman–Crippen MR) is 132 cm³/mol. The van der Waals surface area contributed by atoms with Gasteiger partial charge in [-0.2, -0.15) is 0 Å². The zero-order chi connectivity index (χ0) is 23.1. The smallest absolute Gasteiger partial charge is 0.251 e. The summed E-state index contributed by atoms with van der Waals surface area (Å²) >= 11 is 0. The van der Waals surface area contributed by atoms with Crippen LogP contribution < -0.4 is 9.62 Å². The van der Waals surface area contributed by atoms with Crippen LogP contribution in [-0.4, -0.2) is 75.7 Å². The molecule has 7 nitrogen and oxygen atoms in total. The Morgan fingerprint density at radius 2 is 1.55 bits per heavy atom. The minimum absolute atomic E-state index is 0.111. The van der Waals surface area contributed by atoms with Crippen molar-refractivity contribution in [3.8, 4) is 0 Å². The second-order valence-corrected chi connectivity index (χ2v) is 10.9. The number of carbonyl (C=O) groups excluding carboxylic acids is 1. The molecule has 4 rings (SSSR count). The minimum atomic E-state index is -3.19. The summed E-state index contributed by atoms with van der Waals surface area (Å²) in [6, 6.07) is 17.5. The van der Waals surface area contributed by atoms with Crippen LogP contribution in [0.1, 0.15) is 35.2 Å². The number of hydrogen-bond acceptors (Lipinski definition) is 5. The molecule has 0 saturated carbocycles. The van der Waals surface area contributed by atoms with E-state index in [1.54, 1.807) is 24.3 Å². The Bertz CT molecular complexity index is 1000. The molecule has 0 radical (unpaired) electrons. The molecule has 0 aliphatic carbocycles. The van der Waals surface area contributed by atoms with Gasteiger partial charge in [-0.3, -0.25) is 14.0 Å². The van der Waals surface area contributed by atoms with Crippen molar-refractivity contribution in [3.63, 3.8) is 0 Å². The van der Waals surface area contributed by atoms with Gasteiger partial charge in [0.05, 0.1) is 11.4 Å². The second kappa shape index (κ2) is 11.1. The summed E-state index contributed by atoms with van der Waals surface area (Å²) in [6.07, 6.45) is 2.65. The van der Waals surface area contributed by atoms with Crippen LogP contribution in [0.3, 0.4) is 0 Å². The van der Waals surface area contributed by atoms with E-state index in [1.807, 2.05) is 0 Å². The van der Waals surface area contributed by atoms with Gasteiger partial charge in [0.2, 0.25) is 10.0 Å². The van der Waals surface area contributed by atoms with E-state index in [0.717, 1.165) is 52.1 Å². The lowest BCUT2D eigenvalue weighted by Crippen LogP contribution is -2.46. The summed E-state index contributed by atoms with van der Waals surface area (Å²) in [4.78, 5) is 17.4. The van der Waals surface area contributed by atoms with Crippen LogP contribution in [0.2, 0.25) is 0 Å². The van der Waals surface area contributed by atoms with Crippen molar-refractivity contribution < 1.29 is 13.2 Å². The van der Waals surface area contributed by atoms with Crippen molar-refractivity contribution in [1.82, 2.24) is 15.1 Å². The lowest BCUT2D eigenvalue weighted by atomic mass is 10.2. The number of nitrogens with zero attached hydrogens (tertiary/aromatic N) is 3. The number of anilines is 1. The molecule has 0 bridgehead atoms. The zero-order valence-electron chi connectivity index (χ0n) is 19.2. The van der Waals surface area contributed by atoms with E-state index in [1.165, 1.54) is 9.87 Å². The topological polar surface area (TPSA) is 73.0 Å². The van der Waals surface area contributed by atoms with Gasteiger partial charge in [-0.25, -0.2) is 8.42 Å². The van der Waals surface area contributed by atoms with Crippen LogP contribution in [0.5, 0.6) is 0 Å². The molecule has 0 spiro atoms. The van der Waals surface area contributed by atoms with Gasteiger partial charge in [-0.15, -0.1) is 0 Å². The van der Waals surface area contributed by atoms with E-state index in [0.29, 0.717) is 30.8 Å². The highest BCUT2D eigenvalue weighted by atomic mass is 32.2. The minimum Gasteiger partial charge on any atom is -0.352 e. The molecule has 1 amide bonds. The second-order valence-electron chi connectivity index (χ2n) is 8.85. The first-order chi connectivity index (χ1) is 16.0. The molecule has 0 unspecified atom stereocenters. The number of unbranched alkanes of at least 4 members (excludes halogenated alkanes) is 1. The third kappa shape index (κ3) is 6.56. The Morgan fingerprint density at radius 3 is 2.21 bits per heavy atom. The van der Waals surface area contributed by atoms with Crippen molar-refractivity contribution in [2.45, 2.75) is 25.8 Å². The monoisotopic (exact) mass is 470 g/mol. The van der Waals surface area contributed by atoms with Crippen molar-refractivity contribution in [1.29, 1.82) is 0 Å². The quantitative estimate of drug-likeness (QED) is 0.571. The molecule has 178 valence electrons. The van der Waals surface area contributed by atoms with Gasteiger partial charge in [0.1, 0.15) is 0 Å². The number of benzene rings is 2. The van der Waals surface area contributed by atoms with Crippen LogP contribution in [0.15, 0.2) is 54.6 Å². The molecule has 8 heteroatoms. The Labute approximate surface area is 197 Å². The fourth-order valence-electron chi connectivity index (χ4n) is 4.49. The van der Waals surface area contributed by atoms with Crippen molar-refractivity contribution in [3.05, 3.63) is 65.7 Å². The highest BCUT2D eigenvalue weighted by Gasteiger charge is 2.28. The molecular formula is C25H34N4O3S. The van der Waals surface area contributed by atoms with Gasteiger partial charge in [-0.1, -0.05) is 30.3 Å². The van der Waals surface area contributed by atoms with E-state index in [-0.39, 0.29) is 11.7 Å². The van der Waals surface area contributed by atoms with E-state index >= 15 is 0 Å². The highest BCUT2D eigenvalue weighted by Crippen LogP contribution is 2.24. The molecule has 2 saturated heterocycles. The van der Waals surface area contributed by atoms with Gasteiger partial charge < -0.3 is 10.2 Å². The lowest BCUT2D eigenvalue weighted by Gasteiger charge is -2.34. The average molecular weight is 471 g/mol. The van der Waals surface area contributed by atoms with Crippen LogP contribution in [-0.2, 0) is 16.6 Å². The highest BCUT2D eigenvalue weighted by molar-refractivity contribution is 7.93. The standard InChI is InChI=1S/C25H34N4O3S/c30-25(23-9-11-24(12-10-23)29-15-6-20-33(29,31)32)26-13-4-5-14-27-16-18-28(19-17-27)21-22-7-2-1-3-8-22/h1-3,7-12H,4-6,13-21H2,(H,26,30). The van der Waals surface area contributed by atoms with E-state index in [4.69, 9.17) is 0 Å². The maximum atomic E-state index is 12.4. The van der Waals surface area contributed by atoms with Crippen molar-refractivity contribution in [2.75, 3.05) is 55.9 Å². The summed E-state index contributed by atoms with van der Waals surface area (Å²) in [6.45, 7) is 7.63. The summed E-state index contributed by atoms with van der Waals surface area (Å²) in [5, 5.41) is 2.98. The molecule has 1 N–H and O–H groups in total.